The van der Waals surface area contributed by atoms with Crippen LogP contribution in [0.5, 0.6) is 0 Å². The fourth-order valence-electron chi connectivity index (χ4n) is 3.88. The van der Waals surface area contributed by atoms with E-state index in [1.54, 1.807) is 24.3 Å². The van der Waals surface area contributed by atoms with E-state index in [2.05, 4.69) is 36.0 Å². The van der Waals surface area contributed by atoms with E-state index < -0.39 is 5.97 Å². The minimum Gasteiger partial charge on any atom is -0.481 e. The summed E-state index contributed by atoms with van der Waals surface area (Å²) in [6, 6.07) is 16.5. The Morgan fingerprint density at radius 2 is 2.03 bits per heavy atom. The van der Waals surface area contributed by atoms with E-state index in [1.807, 2.05) is 31.2 Å². The van der Waals surface area contributed by atoms with E-state index in [0.29, 0.717) is 41.3 Å². The fourth-order valence-corrected chi connectivity index (χ4v) is 3.88. The summed E-state index contributed by atoms with van der Waals surface area (Å²) in [4.78, 5) is 30.7. The number of hydrogen-bond acceptors (Lipinski definition) is 10. The molecule has 1 aliphatic heterocycles. The number of nitrogen functional groups attached to an aromatic ring is 1. The van der Waals surface area contributed by atoms with Gasteiger partial charge in [-0.25, -0.2) is 9.97 Å². The molecule has 1 saturated heterocycles. The number of carbonyl (C=O) groups is 1. The third-order valence-electron chi connectivity index (χ3n) is 5.96. The highest BCUT2D eigenvalue weighted by Gasteiger charge is 2.35. The van der Waals surface area contributed by atoms with Crippen LogP contribution in [0.1, 0.15) is 35.6 Å². The average Bonchev–Trinajstić information content (AvgIpc) is 2.85. The molecule has 0 aliphatic carbocycles. The highest BCUT2D eigenvalue weighted by molar-refractivity contribution is 6.37. The van der Waals surface area contributed by atoms with Crippen LogP contribution in [0.3, 0.4) is 0 Å². The topological polar surface area (TPSA) is 180 Å². The van der Waals surface area contributed by atoms with Crippen LogP contribution in [0.4, 0.5) is 5.95 Å². The van der Waals surface area contributed by atoms with Crippen LogP contribution in [-0.4, -0.2) is 55.9 Å². The number of benzene rings is 1. The molecule has 11 heteroatoms. The van der Waals surface area contributed by atoms with Gasteiger partial charge >= 0.3 is 5.97 Å². The maximum atomic E-state index is 11.1. The molecule has 5 N–H and O–H groups in total. The van der Waals surface area contributed by atoms with Crippen molar-refractivity contribution in [1.82, 2.24) is 19.9 Å². The second-order valence-electron chi connectivity index (χ2n) is 8.39. The van der Waals surface area contributed by atoms with Gasteiger partial charge in [0.1, 0.15) is 5.71 Å². The molecular formula is C25H25N9O2. The van der Waals surface area contributed by atoms with Gasteiger partial charge in [0.05, 0.1) is 53.1 Å². The molecule has 2 aromatic heterocycles. The number of hydrazone groups is 1. The Balaban J connectivity index is 1.47. The number of carboxylic acid groups (broad SMARTS) is 1. The lowest BCUT2D eigenvalue weighted by molar-refractivity contribution is -0.148. The SMILES string of the molecule is C[C@@H](c1cccc(CN=C/C(=N\N)c2cc(-c3cccc(C#N)c3)nc(N)n2)n1)N1CC(C(=O)O)C1. The molecule has 0 bridgehead atoms. The van der Waals surface area contributed by atoms with E-state index >= 15 is 0 Å². The minimum absolute atomic E-state index is 0.00708. The van der Waals surface area contributed by atoms with Gasteiger partial charge in [0.2, 0.25) is 5.95 Å². The summed E-state index contributed by atoms with van der Waals surface area (Å²) in [7, 11) is 0. The predicted molar refractivity (Wildman–Crippen MR) is 135 cm³/mol. The van der Waals surface area contributed by atoms with Crippen LogP contribution in [-0.2, 0) is 11.3 Å². The van der Waals surface area contributed by atoms with Crippen molar-refractivity contribution in [3.63, 3.8) is 0 Å². The van der Waals surface area contributed by atoms with Crippen LogP contribution >= 0.6 is 0 Å². The summed E-state index contributed by atoms with van der Waals surface area (Å²) in [6.45, 7) is 3.33. The minimum atomic E-state index is -0.764. The van der Waals surface area contributed by atoms with Gasteiger partial charge in [0.15, 0.2) is 0 Å². The van der Waals surface area contributed by atoms with Crippen molar-refractivity contribution in [2.75, 3.05) is 18.8 Å². The zero-order valence-corrected chi connectivity index (χ0v) is 19.6. The van der Waals surface area contributed by atoms with E-state index in [9.17, 15) is 4.79 Å². The summed E-state index contributed by atoms with van der Waals surface area (Å²) in [6.07, 6.45) is 1.50. The Morgan fingerprint density at radius 3 is 2.75 bits per heavy atom. The van der Waals surface area contributed by atoms with Crippen molar-refractivity contribution in [1.29, 1.82) is 5.26 Å². The monoisotopic (exact) mass is 483 g/mol. The normalized spacial score (nSPS) is 15.4. The highest BCUT2D eigenvalue weighted by atomic mass is 16.4. The van der Waals surface area contributed by atoms with Crippen molar-refractivity contribution < 1.29 is 9.90 Å². The van der Waals surface area contributed by atoms with Gasteiger partial charge in [0, 0.05) is 24.7 Å². The van der Waals surface area contributed by atoms with Crippen molar-refractivity contribution >= 4 is 23.8 Å². The zero-order chi connectivity index (χ0) is 25.7. The first-order valence-electron chi connectivity index (χ1n) is 11.2. The van der Waals surface area contributed by atoms with Gasteiger partial charge in [-0.1, -0.05) is 18.2 Å². The number of carboxylic acids is 1. The van der Waals surface area contributed by atoms with Gasteiger partial charge in [0.25, 0.3) is 0 Å². The maximum Gasteiger partial charge on any atom is 0.309 e. The lowest BCUT2D eigenvalue weighted by atomic mass is 9.97. The van der Waals surface area contributed by atoms with Gasteiger partial charge in [-0.05, 0) is 37.3 Å². The van der Waals surface area contributed by atoms with Crippen molar-refractivity contribution in [3.8, 4) is 17.3 Å². The lowest BCUT2D eigenvalue weighted by Gasteiger charge is -2.40. The van der Waals surface area contributed by atoms with Crippen molar-refractivity contribution in [2.24, 2.45) is 21.9 Å². The molecule has 0 spiro atoms. The van der Waals surface area contributed by atoms with Crippen LogP contribution < -0.4 is 11.6 Å². The molecule has 1 fully saturated rings. The number of aliphatic carboxylic acids is 1. The first kappa shape index (κ1) is 24.4. The van der Waals surface area contributed by atoms with Crippen LogP contribution in [0.2, 0.25) is 0 Å². The molecule has 0 amide bonds. The first-order chi connectivity index (χ1) is 17.4. The second kappa shape index (κ2) is 10.7. The molecule has 1 aliphatic rings. The molecule has 0 saturated carbocycles. The fraction of sp³-hybridized carbons (Fsp3) is 0.240. The highest BCUT2D eigenvalue weighted by Crippen LogP contribution is 2.27. The van der Waals surface area contributed by atoms with Crippen LogP contribution in [0.15, 0.2) is 58.6 Å². The molecular weight excluding hydrogens is 458 g/mol. The molecule has 4 rings (SSSR count). The summed E-state index contributed by atoms with van der Waals surface area (Å²) in [5.74, 6) is 4.57. The van der Waals surface area contributed by atoms with Gasteiger partial charge in [-0.2, -0.15) is 10.4 Å². The Kier molecular flexibility index (Phi) is 7.27. The third-order valence-corrected chi connectivity index (χ3v) is 5.96. The summed E-state index contributed by atoms with van der Waals surface area (Å²) < 4.78 is 0. The quantitative estimate of drug-likeness (QED) is 0.245. The number of nitrogens with zero attached hydrogens (tertiary/aromatic N) is 7. The number of likely N-dealkylation sites (tertiary alicyclic amines) is 1. The van der Waals surface area contributed by atoms with Crippen LogP contribution in [0, 0.1) is 17.2 Å². The largest absolute Gasteiger partial charge is 0.481 e. The Bertz CT molecular complexity index is 1370. The van der Waals surface area contributed by atoms with Gasteiger partial charge in [-0.3, -0.25) is 19.7 Å². The number of nitriles is 1. The van der Waals surface area contributed by atoms with Crippen LogP contribution in [0.25, 0.3) is 11.3 Å². The number of pyridine rings is 1. The predicted octanol–water partition coefficient (Wildman–Crippen LogP) is 2.00. The number of nitrogens with two attached hydrogens (primary N) is 2. The molecule has 0 unspecified atom stereocenters. The van der Waals surface area contributed by atoms with Crippen molar-refractivity contribution in [3.05, 3.63) is 71.2 Å². The number of rotatable bonds is 8. The van der Waals surface area contributed by atoms with Gasteiger partial charge < -0.3 is 16.7 Å². The van der Waals surface area contributed by atoms with E-state index in [4.69, 9.17) is 21.9 Å². The molecule has 1 atom stereocenters. The van der Waals surface area contributed by atoms with Gasteiger partial charge in [-0.15, -0.1) is 0 Å². The maximum absolute atomic E-state index is 11.1. The third kappa shape index (κ3) is 5.51. The summed E-state index contributed by atoms with van der Waals surface area (Å²) in [5, 5.41) is 22.1. The Morgan fingerprint density at radius 1 is 1.25 bits per heavy atom. The van der Waals surface area contributed by atoms with E-state index in [-0.39, 0.29) is 24.5 Å². The Labute approximate surface area is 207 Å². The van der Waals surface area contributed by atoms with E-state index in [1.165, 1.54) is 6.21 Å². The summed E-state index contributed by atoms with van der Waals surface area (Å²) in [5.41, 5.74) is 9.97. The molecule has 11 nitrogen and oxygen atoms in total. The lowest BCUT2D eigenvalue weighted by Crippen LogP contribution is -2.51. The number of anilines is 1. The molecule has 0 radical (unpaired) electrons. The average molecular weight is 484 g/mol. The first-order valence-corrected chi connectivity index (χ1v) is 11.2. The smallest absolute Gasteiger partial charge is 0.309 e. The Hall–Kier alpha value is -4.69. The molecule has 36 heavy (non-hydrogen) atoms. The molecule has 1 aromatic carbocycles. The molecule has 3 heterocycles. The number of hydrogen-bond donors (Lipinski definition) is 3. The molecule has 182 valence electrons. The van der Waals surface area contributed by atoms with E-state index in [0.717, 1.165) is 11.4 Å². The number of aromatic nitrogens is 3. The number of aliphatic imine (C=N–C) groups is 1. The standard InChI is InChI=1S/C25H25N9O2/c1-15(34-13-18(14-34)24(35)36)20-7-3-6-19(30-20)11-29-12-23(33-28)22-9-21(31-25(27)32-22)17-5-2-4-16(8-17)10-26/h2-9,12,15,18H,11,13-14,28H2,1H3,(H,35,36)(H2,27,31,32)/b29-12?,33-23+/t15-/m0/s1. The zero-order valence-electron chi connectivity index (χ0n) is 19.6. The summed E-state index contributed by atoms with van der Waals surface area (Å²) >= 11 is 0. The molecule has 3 aromatic rings. The van der Waals surface area contributed by atoms with Crippen molar-refractivity contribution in [2.45, 2.75) is 19.5 Å². The second-order valence-corrected chi connectivity index (χ2v) is 8.39.